The molecule has 1 aromatic rings. The van der Waals surface area contributed by atoms with Gasteiger partial charge in [0.2, 0.25) is 11.7 Å². The first-order valence-corrected chi connectivity index (χ1v) is 5.22. The van der Waals surface area contributed by atoms with Crippen LogP contribution < -0.4 is 0 Å². The fraction of sp³-hybridized carbons (Fsp3) is 0.778. The number of alkyl halides is 1. The maximum atomic E-state index is 5.59. The minimum absolute atomic E-state index is 0.235. The van der Waals surface area contributed by atoms with Crippen molar-refractivity contribution in [1.82, 2.24) is 10.1 Å². The van der Waals surface area contributed by atoms with E-state index in [0.717, 1.165) is 6.42 Å². The topological polar surface area (TPSA) is 48.2 Å². The van der Waals surface area contributed by atoms with Crippen molar-refractivity contribution in [1.29, 1.82) is 0 Å². The van der Waals surface area contributed by atoms with E-state index in [1.54, 1.807) is 0 Å². The Morgan fingerprint density at radius 1 is 1.50 bits per heavy atom. The molecule has 0 saturated heterocycles. The molecule has 1 unspecified atom stereocenters. The fourth-order valence-electron chi connectivity index (χ4n) is 1.17. The zero-order valence-electron chi connectivity index (χ0n) is 8.71. The summed E-state index contributed by atoms with van der Waals surface area (Å²) in [6.45, 7) is 6.53. The first-order chi connectivity index (χ1) is 6.66. The van der Waals surface area contributed by atoms with E-state index in [1.807, 2.05) is 20.8 Å². The van der Waals surface area contributed by atoms with Gasteiger partial charge in [-0.05, 0) is 20.3 Å². The van der Waals surface area contributed by atoms with Gasteiger partial charge in [-0.15, -0.1) is 11.6 Å². The lowest BCUT2D eigenvalue weighted by Gasteiger charge is -2.23. The van der Waals surface area contributed by atoms with Gasteiger partial charge in [-0.2, -0.15) is 4.98 Å². The molecule has 1 rings (SSSR count). The highest BCUT2D eigenvalue weighted by Crippen LogP contribution is 2.26. The van der Waals surface area contributed by atoms with Crippen LogP contribution in [-0.4, -0.2) is 16.7 Å². The Balaban J connectivity index is 2.87. The molecule has 0 aliphatic rings. The summed E-state index contributed by atoms with van der Waals surface area (Å²) in [5.74, 6) is 1.23. The molecule has 1 heterocycles. The molecule has 4 nitrogen and oxygen atoms in total. The van der Waals surface area contributed by atoms with Crippen molar-refractivity contribution in [3.8, 4) is 0 Å². The minimum atomic E-state index is -0.470. The van der Waals surface area contributed by atoms with Gasteiger partial charge >= 0.3 is 0 Å². The lowest BCUT2D eigenvalue weighted by Crippen LogP contribution is -2.26. The van der Waals surface area contributed by atoms with E-state index >= 15 is 0 Å². The summed E-state index contributed by atoms with van der Waals surface area (Å²) < 4.78 is 10.5. The Labute approximate surface area is 88.6 Å². The Morgan fingerprint density at radius 2 is 2.21 bits per heavy atom. The quantitative estimate of drug-likeness (QED) is 0.713. The summed E-state index contributed by atoms with van der Waals surface area (Å²) in [5, 5.41) is 3.85. The van der Waals surface area contributed by atoms with Gasteiger partial charge < -0.3 is 9.26 Å². The Bertz CT molecular complexity index is 290. The highest BCUT2D eigenvalue weighted by Gasteiger charge is 2.30. The third kappa shape index (κ3) is 2.25. The lowest BCUT2D eigenvalue weighted by molar-refractivity contribution is -0.0403. The molecule has 0 fully saturated rings. The molecule has 0 aromatic carbocycles. The second kappa shape index (κ2) is 4.75. The molecule has 0 spiro atoms. The van der Waals surface area contributed by atoms with Crippen LogP contribution in [0.1, 0.15) is 38.9 Å². The molecule has 0 amide bonds. The second-order valence-corrected chi connectivity index (χ2v) is 3.43. The van der Waals surface area contributed by atoms with Crippen molar-refractivity contribution in [3.63, 3.8) is 0 Å². The van der Waals surface area contributed by atoms with Crippen LogP contribution in [0.4, 0.5) is 0 Å². The van der Waals surface area contributed by atoms with Crippen molar-refractivity contribution >= 4 is 11.6 Å². The summed E-state index contributed by atoms with van der Waals surface area (Å²) in [6.07, 6.45) is 0.794. The first-order valence-electron chi connectivity index (χ1n) is 4.69. The van der Waals surface area contributed by atoms with E-state index < -0.39 is 5.60 Å². The fourth-order valence-corrected chi connectivity index (χ4v) is 1.28. The van der Waals surface area contributed by atoms with Gasteiger partial charge in [0.05, 0.1) is 0 Å². The van der Waals surface area contributed by atoms with Crippen LogP contribution >= 0.6 is 11.6 Å². The van der Waals surface area contributed by atoms with Gasteiger partial charge in [0, 0.05) is 6.61 Å². The predicted octanol–water partition coefficient (Wildman–Crippen LogP) is 2.47. The van der Waals surface area contributed by atoms with E-state index in [-0.39, 0.29) is 5.88 Å². The van der Waals surface area contributed by atoms with E-state index in [0.29, 0.717) is 18.3 Å². The second-order valence-electron chi connectivity index (χ2n) is 3.16. The van der Waals surface area contributed by atoms with Crippen LogP contribution in [0, 0.1) is 0 Å². The minimum Gasteiger partial charge on any atom is -0.367 e. The third-order valence-corrected chi connectivity index (χ3v) is 2.42. The maximum Gasteiger partial charge on any atom is 0.241 e. The third-order valence-electron chi connectivity index (χ3n) is 2.19. The SMILES string of the molecule is CCOC(C)(CC)c1noc(CCl)n1. The molecule has 0 saturated carbocycles. The summed E-state index contributed by atoms with van der Waals surface area (Å²) in [7, 11) is 0. The van der Waals surface area contributed by atoms with Crippen LogP contribution in [-0.2, 0) is 16.2 Å². The maximum absolute atomic E-state index is 5.59. The van der Waals surface area contributed by atoms with Crippen molar-refractivity contribution in [2.75, 3.05) is 6.61 Å². The standard InChI is InChI=1S/C9H15ClN2O2/c1-4-9(3,13-5-2)8-11-7(6-10)14-12-8/h4-6H2,1-3H3. The van der Waals surface area contributed by atoms with Gasteiger partial charge in [0.25, 0.3) is 0 Å². The Hall–Kier alpha value is -0.610. The average molecular weight is 219 g/mol. The summed E-state index contributed by atoms with van der Waals surface area (Å²) >= 11 is 5.57. The zero-order valence-corrected chi connectivity index (χ0v) is 9.47. The van der Waals surface area contributed by atoms with E-state index in [2.05, 4.69) is 10.1 Å². The Kier molecular flexibility index (Phi) is 3.89. The predicted molar refractivity (Wildman–Crippen MR) is 53.1 cm³/mol. The molecule has 0 radical (unpaired) electrons. The molecule has 5 heteroatoms. The monoisotopic (exact) mass is 218 g/mol. The number of nitrogens with zero attached hydrogens (tertiary/aromatic N) is 2. The van der Waals surface area contributed by atoms with Crippen LogP contribution in [0.15, 0.2) is 4.52 Å². The van der Waals surface area contributed by atoms with Crippen molar-refractivity contribution < 1.29 is 9.26 Å². The van der Waals surface area contributed by atoms with Gasteiger partial charge in [0.1, 0.15) is 11.5 Å². The number of hydrogen-bond acceptors (Lipinski definition) is 4. The molecule has 1 atom stereocenters. The zero-order chi connectivity index (χ0) is 10.6. The largest absolute Gasteiger partial charge is 0.367 e. The molecule has 0 aliphatic carbocycles. The molecular formula is C9H15ClN2O2. The molecular weight excluding hydrogens is 204 g/mol. The molecule has 80 valence electrons. The number of hydrogen-bond donors (Lipinski definition) is 0. The van der Waals surface area contributed by atoms with E-state index in [4.69, 9.17) is 20.9 Å². The number of ether oxygens (including phenoxy) is 1. The summed E-state index contributed by atoms with van der Waals surface area (Å²) in [4.78, 5) is 4.16. The Morgan fingerprint density at radius 3 is 2.64 bits per heavy atom. The van der Waals surface area contributed by atoms with Gasteiger partial charge in [-0.1, -0.05) is 12.1 Å². The van der Waals surface area contributed by atoms with Crippen molar-refractivity contribution in [2.24, 2.45) is 0 Å². The number of halogens is 1. The molecule has 14 heavy (non-hydrogen) atoms. The number of aromatic nitrogens is 2. The molecule has 0 N–H and O–H groups in total. The first kappa shape index (κ1) is 11.5. The van der Waals surface area contributed by atoms with Gasteiger partial charge in [-0.3, -0.25) is 0 Å². The van der Waals surface area contributed by atoms with E-state index in [1.165, 1.54) is 0 Å². The van der Waals surface area contributed by atoms with Crippen LogP contribution in [0.25, 0.3) is 0 Å². The summed E-state index contributed by atoms with van der Waals surface area (Å²) in [5.41, 5.74) is -0.470. The van der Waals surface area contributed by atoms with Crippen molar-refractivity contribution in [2.45, 2.75) is 38.7 Å². The van der Waals surface area contributed by atoms with Crippen LogP contribution in [0.5, 0.6) is 0 Å². The van der Waals surface area contributed by atoms with Crippen molar-refractivity contribution in [3.05, 3.63) is 11.7 Å². The normalized spacial score (nSPS) is 15.4. The van der Waals surface area contributed by atoms with Crippen LogP contribution in [0.3, 0.4) is 0 Å². The van der Waals surface area contributed by atoms with Gasteiger partial charge in [0.15, 0.2) is 0 Å². The lowest BCUT2D eigenvalue weighted by atomic mass is 10.0. The molecule has 0 bridgehead atoms. The van der Waals surface area contributed by atoms with Crippen LogP contribution in [0.2, 0.25) is 0 Å². The average Bonchev–Trinajstić information content (AvgIpc) is 2.66. The van der Waals surface area contributed by atoms with Gasteiger partial charge in [-0.25, -0.2) is 0 Å². The highest BCUT2D eigenvalue weighted by atomic mass is 35.5. The number of rotatable bonds is 5. The molecule has 1 aromatic heterocycles. The summed E-state index contributed by atoms with van der Waals surface area (Å²) in [6, 6.07) is 0. The molecule has 0 aliphatic heterocycles. The smallest absolute Gasteiger partial charge is 0.241 e. The highest BCUT2D eigenvalue weighted by molar-refractivity contribution is 6.16. The van der Waals surface area contributed by atoms with E-state index in [9.17, 15) is 0 Å².